The molecule has 43 heavy (non-hydrogen) atoms. The molecule has 232 valence electrons. The SMILES string of the molecule is CC1CCN(C(=O)c2nc(C(=O)NCC(C)(C)O)sc2-c2ccc(S(=O)(=O)N3CCCCC3(C)C)c3ccccc23)CC1. The van der Waals surface area contributed by atoms with Gasteiger partial charge in [-0.2, -0.15) is 4.31 Å². The van der Waals surface area contributed by atoms with Crippen LogP contribution in [-0.2, 0) is 10.0 Å². The highest BCUT2D eigenvalue weighted by molar-refractivity contribution is 7.89. The van der Waals surface area contributed by atoms with Crippen LogP contribution in [0.4, 0.5) is 0 Å². The van der Waals surface area contributed by atoms with Gasteiger partial charge in [0.05, 0.1) is 15.4 Å². The summed E-state index contributed by atoms with van der Waals surface area (Å²) in [6, 6.07) is 10.7. The fourth-order valence-electron chi connectivity index (χ4n) is 5.98. The van der Waals surface area contributed by atoms with E-state index < -0.39 is 27.1 Å². The molecule has 0 spiro atoms. The van der Waals surface area contributed by atoms with Crippen LogP contribution in [0.2, 0.25) is 0 Å². The number of fused-ring (bicyclic) bond motifs is 1. The van der Waals surface area contributed by atoms with Crippen LogP contribution in [0.25, 0.3) is 21.2 Å². The van der Waals surface area contributed by atoms with E-state index in [1.165, 1.54) is 0 Å². The highest BCUT2D eigenvalue weighted by Gasteiger charge is 2.40. The quantitative estimate of drug-likeness (QED) is 0.368. The van der Waals surface area contributed by atoms with Crippen molar-refractivity contribution in [2.24, 2.45) is 5.92 Å². The third kappa shape index (κ3) is 6.50. The highest BCUT2D eigenvalue weighted by Crippen LogP contribution is 2.41. The fraction of sp³-hybridized carbons (Fsp3) is 0.531. The molecule has 3 aromatic rings. The third-order valence-electron chi connectivity index (χ3n) is 8.55. The Labute approximate surface area is 258 Å². The van der Waals surface area contributed by atoms with Gasteiger partial charge in [0.1, 0.15) is 5.69 Å². The minimum Gasteiger partial charge on any atom is -0.389 e. The van der Waals surface area contributed by atoms with Gasteiger partial charge in [0.2, 0.25) is 10.0 Å². The van der Waals surface area contributed by atoms with Crippen molar-refractivity contribution in [1.82, 2.24) is 19.5 Å². The first-order chi connectivity index (χ1) is 20.2. The second kappa shape index (κ2) is 11.9. The van der Waals surface area contributed by atoms with Gasteiger partial charge in [-0.1, -0.05) is 43.7 Å². The first-order valence-corrected chi connectivity index (χ1v) is 17.3. The lowest BCUT2D eigenvalue weighted by atomic mass is 9.93. The zero-order chi connectivity index (χ0) is 31.2. The predicted molar refractivity (Wildman–Crippen MR) is 170 cm³/mol. The number of amides is 2. The van der Waals surface area contributed by atoms with E-state index in [4.69, 9.17) is 0 Å². The van der Waals surface area contributed by atoms with Crippen LogP contribution in [0.15, 0.2) is 41.3 Å². The molecule has 3 heterocycles. The lowest BCUT2D eigenvalue weighted by Crippen LogP contribution is -2.50. The van der Waals surface area contributed by atoms with Crippen molar-refractivity contribution in [3.63, 3.8) is 0 Å². The Balaban J connectivity index is 1.62. The summed E-state index contributed by atoms with van der Waals surface area (Å²) in [5, 5.41) is 14.2. The maximum Gasteiger partial charge on any atom is 0.280 e. The maximum absolute atomic E-state index is 14.1. The van der Waals surface area contributed by atoms with Gasteiger partial charge in [-0.25, -0.2) is 13.4 Å². The molecule has 2 N–H and O–H groups in total. The van der Waals surface area contributed by atoms with Crippen molar-refractivity contribution < 1.29 is 23.1 Å². The Bertz CT molecular complexity index is 1630. The number of piperidine rings is 2. The van der Waals surface area contributed by atoms with Crippen molar-refractivity contribution in [2.75, 3.05) is 26.2 Å². The first kappa shape index (κ1) is 31.6. The molecule has 0 atom stereocenters. The van der Waals surface area contributed by atoms with E-state index in [9.17, 15) is 23.1 Å². The van der Waals surface area contributed by atoms with Gasteiger partial charge in [0.15, 0.2) is 5.01 Å². The molecule has 0 bridgehead atoms. The van der Waals surface area contributed by atoms with Gasteiger partial charge in [-0.3, -0.25) is 9.59 Å². The molecule has 11 heteroatoms. The average Bonchev–Trinajstić information content (AvgIpc) is 3.40. The number of aromatic nitrogens is 1. The van der Waals surface area contributed by atoms with Crippen LogP contribution in [0.5, 0.6) is 0 Å². The summed E-state index contributed by atoms with van der Waals surface area (Å²) in [5.74, 6) is -0.184. The molecule has 2 aliphatic heterocycles. The standard InChI is InChI=1S/C32H42N4O5S2/c1-21-14-18-35(19-15-21)30(38)26-27(42-29(34-26)28(37)33-20-32(4,5)39)24-12-13-25(23-11-7-6-10-22(23)24)43(40,41)36-17-9-8-16-31(36,2)3/h6-7,10-13,21,39H,8-9,14-20H2,1-5H3,(H,33,37). The third-order valence-corrected chi connectivity index (χ3v) is 11.8. The summed E-state index contributed by atoms with van der Waals surface area (Å²) < 4.78 is 29.8. The molecule has 2 fully saturated rings. The summed E-state index contributed by atoms with van der Waals surface area (Å²) in [5.41, 5.74) is -0.767. The molecule has 1 aromatic heterocycles. The first-order valence-electron chi connectivity index (χ1n) is 15.0. The largest absolute Gasteiger partial charge is 0.389 e. The maximum atomic E-state index is 14.1. The van der Waals surface area contributed by atoms with Crippen molar-refractivity contribution >= 4 is 43.9 Å². The second-order valence-electron chi connectivity index (χ2n) is 13.2. The number of nitrogens with zero attached hydrogens (tertiary/aromatic N) is 3. The van der Waals surface area contributed by atoms with Crippen LogP contribution in [0, 0.1) is 5.92 Å². The van der Waals surface area contributed by atoms with Gasteiger partial charge in [0.25, 0.3) is 11.8 Å². The zero-order valence-electron chi connectivity index (χ0n) is 25.6. The van der Waals surface area contributed by atoms with Gasteiger partial charge >= 0.3 is 0 Å². The lowest BCUT2D eigenvalue weighted by Gasteiger charge is -2.41. The number of aliphatic hydroxyl groups is 1. The Hall–Kier alpha value is -2.86. The number of benzene rings is 2. The molecule has 9 nitrogen and oxygen atoms in total. The van der Waals surface area contributed by atoms with E-state index in [1.807, 2.05) is 32.0 Å². The topological polar surface area (TPSA) is 120 Å². The van der Waals surface area contributed by atoms with Crippen molar-refractivity contribution in [3.05, 3.63) is 47.1 Å². The van der Waals surface area contributed by atoms with E-state index in [-0.39, 0.29) is 28.0 Å². The van der Waals surface area contributed by atoms with Crippen LogP contribution in [-0.4, -0.2) is 76.8 Å². The van der Waals surface area contributed by atoms with E-state index in [1.54, 1.807) is 41.3 Å². The molecule has 0 radical (unpaired) electrons. The fourth-order valence-corrected chi connectivity index (χ4v) is 9.03. The highest BCUT2D eigenvalue weighted by atomic mass is 32.2. The molecule has 0 unspecified atom stereocenters. The summed E-state index contributed by atoms with van der Waals surface area (Å²) in [4.78, 5) is 34.1. The number of sulfonamides is 1. The smallest absolute Gasteiger partial charge is 0.280 e. The normalized spacial score (nSPS) is 18.6. The van der Waals surface area contributed by atoms with Crippen molar-refractivity contribution in [1.29, 1.82) is 0 Å². The Morgan fingerprint density at radius 3 is 2.40 bits per heavy atom. The van der Waals surface area contributed by atoms with E-state index in [0.717, 1.165) is 43.4 Å². The molecule has 0 aliphatic carbocycles. The average molecular weight is 627 g/mol. The number of carbonyl (C=O) groups is 2. The molecule has 2 aliphatic rings. The van der Waals surface area contributed by atoms with Crippen LogP contribution in [0.3, 0.4) is 0 Å². The Morgan fingerprint density at radius 1 is 1.07 bits per heavy atom. The van der Waals surface area contributed by atoms with Crippen molar-refractivity contribution in [2.45, 2.75) is 82.8 Å². The van der Waals surface area contributed by atoms with Gasteiger partial charge in [-0.05, 0) is 70.7 Å². The number of nitrogens with one attached hydrogen (secondary N) is 1. The van der Waals surface area contributed by atoms with E-state index >= 15 is 0 Å². The molecule has 2 aromatic carbocycles. The minimum atomic E-state index is -3.82. The van der Waals surface area contributed by atoms with Crippen LogP contribution in [0.1, 0.15) is 87.0 Å². The van der Waals surface area contributed by atoms with E-state index in [0.29, 0.717) is 46.8 Å². The van der Waals surface area contributed by atoms with Crippen molar-refractivity contribution in [3.8, 4) is 10.4 Å². The summed E-state index contributed by atoms with van der Waals surface area (Å²) >= 11 is 1.11. The molecule has 2 amide bonds. The monoisotopic (exact) mass is 626 g/mol. The van der Waals surface area contributed by atoms with Crippen LogP contribution < -0.4 is 5.32 Å². The number of hydrogen-bond donors (Lipinski definition) is 2. The Kier molecular flexibility index (Phi) is 8.74. The molecular formula is C32H42N4O5S2. The molecule has 0 saturated carbocycles. The molecular weight excluding hydrogens is 585 g/mol. The van der Waals surface area contributed by atoms with Crippen LogP contribution >= 0.6 is 11.3 Å². The predicted octanol–water partition coefficient (Wildman–Crippen LogP) is 5.29. The number of rotatable bonds is 7. The summed E-state index contributed by atoms with van der Waals surface area (Å²) in [6.07, 6.45) is 4.39. The lowest BCUT2D eigenvalue weighted by molar-refractivity contribution is 0.0685. The number of thiazole rings is 1. The van der Waals surface area contributed by atoms with Gasteiger partial charge in [0, 0.05) is 42.7 Å². The minimum absolute atomic E-state index is 0.0242. The Morgan fingerprint density at radius 2 is 1.74 bits per heavy atom. The molecule has 2 saturated heterocycles. The number of hydrogen-bond acceptors (Lipinski definition) is 7. The van der Waals surface area contributed by atoms with E-state index in [2.05, 4.69) is 17.2 Å². The van der Waals surface area contributed by atoms with Gasteiger partial charge < -0.3 is 15.3 Å². The van der Waals surface area contributed by atoms with Gasteiger partial charge in [-0.15, -0.1) is 11.3 Å². The zero-order valence-corrected chi connectivity index (χ0v) is 27.3. The summed E-state index contributed by atoms with van der Waals surface area (Å²) in [6.45, 7) is 11.0. The second-order valence-corrected chi connectivity index (χ2v) is 16.0. The number of likely N-dealkylation sites (tertiary alicyclic amines) is 1. The summed E-state index contributed by atoms with van der Waals surface area (Å²) in [7, 11) is -3.82. The molecule has 5 rings (SSSR count). The number of carbonyl (C=O) groups excluding carboxylic acids is 2.